The first-order valence-corrected chi connectivity index (χ1v) is 22.7. The molecule has 2 N–H and O–H groups in total. The highest BCUT2D eigenvalue weighted by atomic mass is 79.9. The monoisotopic (exact) mass is 972 g/mol. The van der Waals surface area contributed by atoms with Crippen molar-refractivity contribution in [2.45, 2.75) is 13.1 Å². The van der Waals surface area contributed by atoms with E-state index in [0.717, 1.165) is 63.7 Å². The number of benzene rings is 8. The fourth-order valence-corrected chi connectivity index (χ4v) is 9.20. The summed E-state index contributed by atoms with van der Waals surface area (Å²) in [5.74, 6) is 3.12. The van der Waals surface area contributed by atoms with Crippen LogP contribution in [-0.2, 0) is 22.6 Å². The number of hydrogen-bond donors (Lipinski definition) is 2. The van der Waals surface area contributed by atoms with Crippen molar-refractivity contribution >= 4 is 75.5 Å². The van der Waals surface area contributed by atoms with E-state index in [-0.39, 0.29) is 11.5 Å². The molecule has 0 aliphatic rings. The first kappa shape index (κ1) is 41.5. The third-order valence-electron chi connectivity index (χ3n) is 11.5. The van der Waals surface area contributed by atoms with Crippen molar-refractivity contribution in [1.82, 2.24) is 9.13 Å². The van der Waals surface area contributed by atoms with Crippen LogP contribution in [0.5, 0.6) is 34.5 Å². The van der Waals surface area contributed by atoms with Crippen molar-refractivity contribution in [3.05, 3.63) is 179 Å². The fourth-order valence-electron chi connectivity index (χ4n) is 8.48. The Kier molecular flexibility index (Phi) is 11.8. The van der Waals surface area contributed by atoms with E-state index in [1.54, 1.807) is 24.3 Å². The molecule has 2 heterocycles. The van der Waals surface area contributed by atoms with Crippen LogP contribution in [-0.4, -0.2) is 45.8 Å². The summed E-state index contributed by atoms with van der Waals surface area (Å²) >= 11 is 7.35. The minimum absolute atomic E-state index is 0.205. The van der Waals surface area contributed by atoms with Gasteiger partial charge in [0.15, 0.2) is 0 Å². The number of phenolic OH excluding ortho intramolecular Hbond substituents is 2. The Morgan fingerprint density at radius 2 is 0.734 bits per heavy atom. The maximum absolute atomic E-state index is 10.6. The number of aromatic nitrogens is 2. The summed E-state index contributed by atoms with van der Waals surface area (Å²) in [6, 6.07) is 55.2. The minimum atomic E-state index is 0.205. The molecule has 10 aromatic rings. The number of fused-ring (bicyclic) bond motifs is 6. The third-order valence-corrected chi connectivity index (χ3v) is 12.5. The standard InChI is InChI=1S/C54H42Br2N2O6/c55-37-11-17-49-45(29-37)47-33-39(63-41-15-21-53(59)43(31-41)35-7-3-1-4-8-35)13-19-51(47)57(49)23-25-61-27-28-62-26-24-58-50-18-12-38(56)30-46(50)48-34-40(14-20-52(48)58)64-42-16-22-54(60)44(32-42)36-9-5-2-6-10-36/h1-22,29-34,59-60H,23-28H2. The first-order valence-electron chi connectivity index (χ1n) is 21.1. The van der Waals surface area contributed by atoms with E-state index in [4.69, 9.17) is 18.9 Å². The van der Waals surface area contributed by atoms with E-state index in [1.807, 2.05) is 84.9 Å². The van der Waals surface area contributed by atoms with E-state index < -0.39 is 0 Å². The lowest BCUT2D eigenvalue weighted by molar-refractivity contribution is 0.0431. The van der Waals surface area contributed by atoms with E-state index in [1.165, 1.54) is 0 Å². The molecule has 0 spiro atoms. The molecule has 0 aliphatic heterocycles. The summed E-state index contributed by atoms with van der Waals surface area (Å²) in [6.07, 6.45) is 0. The first-order chi connectivity index (χ1) is 31.4. The van der Waals surface area contributed by atoms with Gasteiger partial charge < -0.3 is 38.3 Å². The maximum Gasteiger partial charge on any atom is 0.128 e. The molecule has 10 heteroatoms. The van der Waals surface area contributed by atoms with Crippen molar-refractivity contribution in [1.29, 1.82) is 0 Å². The molecule has 0 radical (unpaired) electrons. The number of nitrogens with zero attached hydrogens (tertiary/aromatic N) is 2. The second-order valence-corrected chi connectivity index (χ2v) is 17.3. The molecule has 0 saturated heterocycles. The molecule has 8 nitrogen and oxygen atoms in total. The summed E-state index contributed by atoms with van der Waals surface area (Å²) in [5.41, 5.74) is 7.67. The number of rotatable bonds is 15. The molecule has 0 fully saturated rings. The van der Waals surface area contributed by atoms with Crippen LogP contribution in [0.25, 0.3) is 65.9 Å². The lowest BCUT2D eigenvalue weighted by atomic mass is 10.0. The molecule has 0 aliphatic carbocycles. The van der Waals surface area contributed by atoms with Gasteiger partial charge >= 0.3 is 0 Å². The topological polar surface area (TPSA) is 87.2 Å². The SMILES string of the molecule is Oc1ccc(Oc2ccc3c(c2)c2cc(Br)ccc2n3CCOCCOCCn2c3ccc(Br)cc3c3cc(Oc4ccc(O)c(-c5ccccc5)c4)ccc32)cc1-c1ccccc1. The van der Waals surface area contributed by atoms with Gasteiger partial charge in [0.05, 0.1) is 26.4 Å². The third kappa shape index (κ3) is 8.57. The van der Waals surface area contributed by atoms with Gasteiger partial charge in [0.1, 0.15) is 34.5 Å². The van der Waals surface area contributed by atoms with E-state index in [9.17, 15) is 10.2 Å². The van der Waals surface area contributed by atoms with Crippen LogP contribution in [0.2, 0.25) is 0 Å². The van der Waals surface area contributed by atoms with Crippen LogP contribution in [0, 0.1) is 0 Å². The number of hydrogen-bond acceptors (Lipinski definition) is 6. The number of halogens is 2. The van der Waals surface area contributed by atoms with Crippen LogP contribution in [0.3, 0.4) is 0 Å². The number of aromatic hydroxyl groups is 2. The van der Waals surface area contributed by atoms with Gasteiger partial charge in [-0.25, -0.2) is 0 Å². The summed E-state index contributed by atoms with van der Waals surface area (Å²) in [5, 5.41) is 25.5. The predicted octanol–water partition coefficient (Wildman–Crippen LogP) is 14.5. The van der Waals surface area contributed by atoms with E-state index in [0.29, 0.717) is 73.6 Å². The number of ether oxygens (including phenoxy) is 4. The normalized spacial score (nSPS) is 11.6. The molecular weight excluding hydrogens is 932 g/mol. The molecular formula is C54H42Br2N2O6. The molecule has 64 heavy (non-hydrogen) atoms. The molecule has 0 saturated carbocycles. The summed E-state index contributed by atoms with van der Waals surface area (Å²) in [7, 11) is 0. The predicted molar refractivity (Wildman–Crippen MR) is 263 cm³/mol. The van der Waals surface area contributed by atoms with Gasteiger partial charge in [-0.15, -0.1) is 0 Å². The molecule has 318 valence electrons. The molecule has 0 atom stereocenters. The van der Waals surface area contributed by atoms with Gasteiger partial charge in [0.25, 0.3) is 0 Å². The van der Waals surface area contributed by atoms with Crippen molar-refractivity contribution in [3.63, 3.8) is 0 Å². The maximum atomic E-state index is 10.6. The van der Waals surface area contributed by atoms with Crippen LogP contribution >= 0.6 is 31.9 Å². The van der Waals surface area contributed by atoms with Crippen molar-refractivity contribution < 1.29 is 29.2 Å². The Morgan fingerprint density at radius 3 is 1.16 bits per heavy atom. The average molecular weight is 975 g/mol. The Hall–Kier alpha value is -6.56. The largest absolute Gasteiger partial charge is 0.507 e. The molecule has 8 aromatic carbocycles. The quantitative estimate of drug-likeness (QED) is 0.0996. The van der Waals surface area contributed by atoms with Crippen LogP contribution in [0.15, 0.2) is 179 Å². The summed E-state index contributed by atoms with van der Waals surface area (Å²) in [6.45, 7) is 3.34. The van der Waals surface area contributed by atoms with Crippen LogP contribution < -0.4 is 9.47 Å². The molecule has 0 unspecified atom stereocenters. The fraction of sp³-hybridized carbons (Fsp3) is 0.111. The zero-order valence-corrected chi connectivity index (χ0v) is 37.8. The minimum Gasteiger partial charge on any atom is -0.507 e. The zero-order chi connectivity index (χ0) is 43.6. The van der Waals surface area contributed by atoms with Crippen LogP contribution in [0.1, 0.15) is 0 Å². The Balaban J connectivity index is 0.775. The highest BCUT2D eigenvalue weighted by molar-refractivity contribution is 9.10. The van der Waals surface area contributed by atoms with Gasteiger partial charge in [0, 0.05) is 76.8 Å². The second kappa shape index (κ2) is 18.3. The van der Waals surface area contributed by atoms with Crippen molar-refractivity contribution in [2.75, 3.05) is 26.4 Å². The smallest absolute Gasteiger partial charge is 0.128 e. The zero-order valence-electron chi connectivity index (χ0n) is 34.6. The summed E-state index contributed by atoms with van der Waals surface area (Å²) < 4.78 is 31.6. The van der Waals surface area contributed by atoms with Gasteiger partial charge in [-0.2, -0.15) is 0 Å². The van der Waals surface area contributed by atoms with Crippen molar-refractivity contribution in [2.24, 2.45) is 0 Å². The van der Waals surface area contributed by atoms with E-state index in [2.05, 4.69) is 102 Å². The lowest BCUT2D eigenvalue weighted by Gasteiger charge is -2.12. The number of phenols is 2. The molecule has 10 rings (SSSR count). The summed E-state index contributed by atoms with van der Waals surface area (Å²) in [4.78, 5) is 0. The average Bonchev–Trinajstić information content (AvgIpc) is 3.78. The van der Waals surface area contributed by atoms with Crippen LogP contribution in [0.4, 0.5) is 0 Å². The molecule has 0 amide bonds. The van der Waals surface area contributed by atoms with Gasteiger partial charge in [-0.05, 0) is 120 Å². The Morgan fingerprint density at radius 1 is 0.375 bits per heavy atom. The highest BCUT2D eigenvalue weighted by Gasteiger charge is 2.16. The Labute approximate surface area is 386 Å². The highest BCUT2D eigenvalue weighted by Crippen LogP contribution is 2.39. The van der Waals surface area contributed by atoms with E-state index >= 15 is 0 Å². The van der Waals surface area contributed by atoms with Gasteiger partial charge in [0.2, 0.25) is 0 Å². The second-order valence-electron chi connectivity index (χ2n) is 15.5. The Bertz CT molecular complexity index is 3070. The molecule has 0 bridgehead atoms. The van der Waals surface area contributed by atoms with Gasteiger partial charge in [-0.3, -0.25) is 0 Å². The lowest BCUT2D eigenvalue weighted by Crippen LogP contribution is -2.12. The molecule has 2 aromatic heterocycles. The van der Waals surface area contributed by atoms with Crippen molar-refractivity contribution in [3.8, 4) is 56.8 Å². The van der Waals surface area contributed by atoms with Gasteiger partial charge in [-0.1, -0.05) is 92.5 Å².